The Morgan fingerprint density at radius 1 is 1.36 bits per heavy atom. The highest BCUT2D eigenvalue weighted by atomic mass is 16.1. The highest BCUT2D eigenvalue weighted by Crippen LogP contribution is 2.32. The summed E-state index contributed by atoms with van der Waals surface area (Å²) in [4.78, 5) is 16.3. The smallest absolute Gasteiger partial charge is 0.254 e. The van der Waals surface area contributed by atoms with E-state index in [4.69, 9.17) is 10.7 Å². The van der Waals surface area contributed by atoms with Crippen LogP contribution < -0.4 is 11.1 Å². The Labute approximate surface area is 130 Å². The number of anilines is 1. The Hall–Kier alpha value is -1.98. The van der Waals surface area contributed by atoms with Gasteiger partial charge in [0.15, 0.2) is 5.65 Å². The van der Waals surface area contributed by atoms with Gasteiger partial charge in [-0.1, -0.05) is 40.0 Å². The molecular weight excluding hydrogens is 278 g/mol. The van der Waals surface area contributed by atoms with Gasteiger partial charge in [0.1, 0.15) is 11.4 Å². The molecule has 6 nitrogen and oxygen atoms in total. The van der Waals surface area contributed by atoms with Gasteiger partial charge in [0.25, 0.3) is 5.91 Å². The van der Waals surface area contributed by atoms with E-state index in [-0.39, 0.29) is 5.41 Å². The predicted molar refractivity (Wildman–Crippen MR) is 87.3 cm³/mol. The van der Waals surface area contributed by atoms with Crippen LogP contribution in [0, 0.1) is 0 Å². The number of hydrogen-bond donors (Lipinski definition) is 3. The van der Waals surface area contributed by atoms with Crippen molar-refractivity contribution in [1.82, 2.24) is 14.6 Å². The summed E-state index contributed by atoms with van der Waals surface area (Å²) in [5.74, 6) is 0.503. The molecule has 2 aromatic heterocycles. The van der Waals surface area contributed by atoms with Crippen molar-refractivity contribution < 1.29 is 4.79 Å². The second-order valence-electron chi connectivity index (χ2n) is 7.25. The quantitative estimate of drug-likeness (QED) is 0.814. The van der Waals surface area contributed by atoms with Gasteiger partial charge in [0.05, 0.1) is 5.69 Å². The average Bonchev–Trinajstić information content (AvgIpc) is 2.99. The SMILES string of the molecule is CC(C)(C)c1nc2c(C(N)=O)c[nH]n2c1NC1CCCCC1. The Kier molecular flexibility index (Phi) is 3.62. The fraction of sp³-hybridized carbons (Fsp3) is 0.625. The number of nitrogens with two attached hydrogens (primary N) is 1. The molecule has 0 unspecified atom stereocenters. The summed E-state index contributed by atoms with van der Waals surface area (Å²) in [6, 6.07) is 0.468. The van der Waals surface area contributed by atoms with Gasteiger partial charge in [-0.2, -0.15) is 0 Å². The van der Waals surface area contributed by atoms with Gasteiger partial charge >= 0.3 is 0 Å². The van der Waals surface area contributed by atoms with E-state index in [2.05, 4.69) is 31.2 Å². The minimum absolute atomic E-state index is 0.112. The third kappa shape index (κ3) is 2.58. The number of nitrogens with one attached hydrogen (secondary N) is 2. The van der Waals surface area contributed by atoms with E-state index in [9.17, 15) is 4.79 Å². The molecule has 1 saturated carbocycles. The van der Waals surface area contributed by atoms with Crippen molar-refractivity contribution in [1.29, 1.82) is 0 Å². The number of rotatable bonds is 3. The molecule has 0 saturated heterocycles. The number of amides is 1. The molecule has 3 rings (SSSR count). The number of carbonyl (C=O) groups is 1. The number of nitrogens with zero attached hydrogens (tertiary/aromatic N) is 2. The number of imidazole rings is 1. The Morgan fingerprint density at radius 3 is 2.64 bits per heavy atom. The van der Waals surface area contributed by atoms with Gasteiger partial charge in [-0.3, -0.25) is 9.89 Å². The summed E-state index contributed by atoms with van der Waals surface area (Å²) in [6.07, 6.45) is 7.84. The van der Waals surface area contributed by atoms with Crippen LogP contribution in [0.3, 0.4) is 0 Å². The maximum absolute atomic E-state index is 11.6. The molecule has 0 atom stereocenters. The summed E-state index contributed by atoms with van der Waals surface area (Å²) in [5.41, 5.74) is 7.34. The highest BCUT2D eigenvalue weighted by molar-refractivity contribution is 5.99. The highest BCUT2D eigenvalue weighted by Gasteiger charge is 2.28. The molecule has 0 spiro atoms. The van der Waals surface area contributed by atoms with E-state index in [1.54, 1.807) is 6.20 Å². The standard InChI is InChI=1S/C16H25N5O/c1-16(2,3)12-15(19-10-7-5-4-6-8-10)21-14(20-12)11(9-18-21)13(17)22/h9-10,18-19H,4-8H2,1-3H3,(H2,17,22). The van der Waals surface area contributed by atoms with E-state index < -0.39 is 5.91 Å². The second kappa shape index (κ2) is 5.34. The van der Waals surface area contributed by atoms with Crippen LogP contribution in [0.5, 0.6) is 0 Å². The van der Waals surface area contributed by atoms with E-state index in [0.717, 1.165) is 11.5 Å². The van der Waals surface area contributed by atoms with Gasteiger partial charge in [0, 0.05) is 17.7 Å². The lowest BCUT2D eigenvalue weighted by molar-refractivity contribution is 0.100. The third-order valence-corrected chi connectivity index (χ3v) is 4.38. The zero-order valence-corrected chi connectivity index (χ0v) is 13.6. The zero-order valence-electron chi connectivity index (χ0n) is 13.6. The molecule has 0 bridgehead atoms. The van der Waals surface area contributed by atoms with E-state index in [0.29, 0.717) is 17.3 Å². The summed E-state index contributed by atoms with van der Waals surface area (Å²) in [6.45, 7) is 6.39. The van der Waals surface area contributed by atoms with Crippen LogP contribution in [0.4, 0.5) is 5.82 Å². The summed E-state index contributed by atoms with van der Waals surface area (Å²) in [7, 11) is 0. The van der Waals surface area contributed by atoms with Crippen molar-refractivity contribution in [3.05, 3.63) is 17.5 Å². The van der Waals surface area contributed by atoms with Crippen LogP contribution >= 0.6 is 0 Å². The summed E-state index contributed by atoms with van der Waals surface area (Å²) in [5, 5.41) is 6.76. The fourth-order valence-corrected chi connectivity index (χ4v) is 3.20. The number of carbonyl (C=O) groups excluding carboxylic acids is 1. The van der Waals surface area contributed by atoms with E-state index in [1.807, 2.05) is 4.52 Å². The van der Waals surface area contributed by atoms with Gasteiger partial charge < -0.3 is 11.1 Å². The van der Waals surface area contributed by atoms with Crippen molar-refractivity contribution in [3.63, 3.8) is 0 Å². The molecule has 22 heavy (non-hydrogen) atoms. The van der Waals surface area contributed by atoms with Crippen LogP contribution in [0.2, 0.25) is 0 Å². The lowest BCUT2D eigenvalue weighted by Crippen LogP contribution is -2.25. The first-order valence-electron chi connectivity index (χ1n) is 8.04. The normalized spacial score (nSPS) is 17.0. The lowest BCUT2D eigenvalue weighted by atomic mass is 9.91. The molecule has 0 aliphatic heterocycles. The molecular formula is C16H25N5O. The lowest BCUT2D eigenvalue weighted by Gasteiger charge is -2.26. The molecule has 2 heterocycles. The maximum atomic E-state index is 11.6. The van der Waals surface area contributed by atoms with Crippen LogP contribution in [-0.2, 0) is 5.41 Å². The Morgan fingerprint density at radius 2 is 2.05 bits per heavy atom. The van der Waals surface area contributed by atoms with Crippen molar-refractivity contribution in [3.8, 4) is 0 Å². The Bertz CT molecular complexity index is 685. The van der Waals surface area contributed by atoms with Gasteiger partial charge in [-0.25, -0.2) is 9.50 Å². The first-order valence-corrected chi connectivity index (χ1v) is 8.04. The van der Waals surface area contributed by atoms with Gasteiger partial charge in [-0.05, 0) is 12.8 Å². The fourth-order valence-electron chi connectivity index (χ4n) is 3.20. The van der Waals surface area contributed by atoms with E-state index in [1.165, 1.54) is 32.1 Å². The van der Waals surface area contributed by atoms with Crippen molar-refractivity contribution in [2.75, 3.05) is 5.32 Å². The number of fused-ring (bicyclic) bond motifs is 1. The van der Waals surface area contributed by atoms with Gasteiger partial charge in [-0.15, -0.1) is 0 Å². The number of primary amides is 1. The molecule has 1 amide bonds. The number of aromatic amines is 1. The first kappa shape index (κ1) is 14.9. The molecule has 6 heteroatoms. The van der Waals surface area contributed by atoms with Crippen LogP contribution in [0.1, 0.15) is 68.9 Å². The van der Waals surface area contributed by atoms with Crippen LogP contribution in [-0.4, -0.2) is 26.5 Å². The number of hydrogen-bond acceptors (Lipinski definition) is 3. The topological polar surface area (TPSA) is 88.2 Å². The molecule has 4 N–H and O–H groups in total. The monoisotopic (exact) mass is 303 g/mol. The number of H-pyrrole nitrogens is 1. The van der Waals surface area contributed by atoms with Crippen LogP contribution in [0.25, 0.3) is 5.65 Å². The molecule has 1 aliphatic rings. The molecule has 120 valence electrons. The Balaban J connectivity index is 2.06. The molecule has 0 aromatic carbocycles. The molecule has 0 radical (unpaired) electrons. The zero-order chi connectivity index (χ0) is 15.9. The summed E-state index contributed by atoms with van der Waals surface area (Å²) < 4.78 is 1.86. The molecule has 2 aromatic rings. The van der Waals surface area contributed by atoms with Gasteiger partial charge in [0.2, 0.25) is 0 Å². The van der Waals surface area contributed by atoms with Crippen molar-refractivity contribution in [2.24, 2.45) is 5.73 Å². The second-order valence-corrected chi connectivity index (χ2v) is 7.25. The molecule has 1 fully saturated rings. The molecule has 1 aliphatic carbocycles. The van der Waals surface area contributed by atoms with E-state index >= 15 is 0 Å². The van der Waals surface area contributed by atoms with Crippen molar-refractivity contribution >= 4 is 17.4 Å². The summed E-state index contributed by atoms with van der Waals surface area (Å²) >= 11 is 0. The average molecular weight is 303 g/mol. The largest absolute Gasteiger partial charge is 0.366 e. The number of aromatic nitrogens is 3. The van der Waals surface area contributed by atoms with Crippen molar-refractivity contribution in [2.45, 2.75) is 64.3 Å². The minimum atomic E-state index is -0.457. The first-order chi connectivity index (χ1) is 10.4. The maximum Gasteiger partial charge on any atom is 0.254 e. The third-order valence-electron chi connectivity index (χ3n) is 4.38. The van der Waals surface area contributed by atoms with Crippen LogP contribution in [0.15, 0.2) is 6.20 Å². The predicted octanol–water partition coefficient (Wildman–Crippen LogP) is 2.80. The minimum Gasteiger partial charge on any atom is -0.366 e.